The van der Waals surface area contributed by atoms with Crippen LogP contribution in [0.4, 0.5) is 5.69 Å². The lowest BCUT2D eigenvalue weighted by Crippen LogP contribution is -2.42. The molecule has 0 spiro atoms. The van der Waals surface area contributed by atoms with Crippen molar-refractivity contribution >= 4 is 11.6 Å². The molecule has 98 valence electrons. The summed E-state index contributed by atoms with van der Waals surface area (Å²) < 4.78 is 5.75. The third kappa shape index (κ3) is 2.08. The van der Waals surface area contributed by atoms with Crippen molar-refractivity contribution in [1.82, 2.24) is 0 Å². The molecule has 0 fully saturated rings. The van der Waals surface area contributed by atoms with Crippen molar-refractivity contribution in [1.29, 1.82) is 0 Å². The minimum Gasteiger partial charge on any atom is -0.478 e. The number of aryl methyl sites for hydroxylation is 1. The molecule has 1 unspecified atom stereocenters. The van der Waals surface area contributed by atoms with E-state index >= 15 is 0 Å². The Bertz CT molecular complexity index is 471. The molecular formula is C14H20N2O2. The Balaban J connectivity index is 2.54. The summed E-state index contributed by atoms with van der Waals surface area (Å²) in [7, 11) is 1.80. The van der Waals surface area contributed by atoms with Crippen molar-refractivity contribution in [3.8, 4) is 5.75 Å². The molecule has 1 aromatic carbocycles. The Hall–Kier alpha value is -1.55. The quantitative estimate of drug-likeness (QED) is 0.881. The number of rotatable bonds is 3. The molecule has 0 radical (unpaired) electrons. The Morgan fingerprint density at radius 3 is 2.78 bits per heavy atom. The van der Waals surface area contributed by atoms with E-state index in [1.54, 1.807) is 18.9 Å². The van der Waals surface area contributed by atoms with E-state index in [1.165, 1.54) is 5.56 Å². The van der Waals surface area contributed by atoms with E-state index in [-0.39, 0.29) is 5.91 Å². The van der Waals surface area contributed by atoms with Crippen LogP contribution in [0.25, 0.3) is 0 Å². The van der Waals surface area contributed by atoms with E-state index in [0.29, 0.717) is 6.54 Å². The summed E-state index contributed by atoms with van der Waals surface area (Å²) in [6.45, 7) is 4.46. The number of carbonyl (C=O) groups excluding carboxylic acids is 1. The molecule has 1 aromatic rings. The zero-order chi connectivity index (χ0) is 13.3. The predicted molar refractivity (Wildman–Crippen MR) is 72.1 cm³/mol. The van der Waals surface area contributed by atoms with Crippen LogP contribution in [0.5, 0.6) is 5.75 Å². The molecule has 0 saturated carbocycles. The molecule has 1 atom stereocenters. The number of benzene rings is 1. The van der Waals surface area contributed by atoms with Gasteiger partial charge >= 0.3 is 0 Å². The molecule has 2 rings (SSSR count). The fourth-order valence-corrected chi connectivity index (χ4v) is 2.29. The summed E-state index contributed by atoms with van der Waals surface area (Å²) in [5.74, 6) is 0.807. The minimum atomic E-state index is -0.425. The highest BCUT2D eigenvalue weighted by atomic mass is 16.5. The van der Waals surface area contributed by atoms with Gasteiger partial charge in [0.25, 0.3) is 5.91 Å². The zero-order valence-electron chi connectivity index (χ0n) is 11.2. The van der Waals surface area contributed by atoms with Crippen LogP contribution in [0.15, 0.2) is 12.1 Å². The maximum Gasteiger partial charge on any atom is 0.267 e. The van der Waals surface area contributed by atoms with E-state index in [0.717, 1.165) is 29.8 Å². The smallest absolute Gasteiger partial charge is 0.267 e. The van der Waals surface area contributed by atoms with Gasteiger partial charge in [-0.2, -0.15) is 0 Å². The molecule has 0 bridgehead atoms. The maximum absolute atomic E-state index is 11.9. The highest BCUT2D eigenvalue weighted by Gasteiger charge is 2.30. The first-order chi connectivity index (χ1) is 8.58. The van der Waals surface area contributed by atoms with Crippen molar-refractivity contribution in [2.45, 2.75) is 32.8 Å². The van der Waals surface area contributed by atoms with E-state index in [1.807, 2.05) is 6.07 Å². The molecule has 18 heavy (non-hydrogen) atoms. The van der Waals surface area contributed by atoms with Crippen LogP contribution >= 0.6 is 0 Å². The Morgan fingerprint density at radius 2 is 2.17 bits per heavy atom. The van der Waals surface area contributed by atoms with Crippen LogP contribution in [0.3, 0.4) is 0 Å². The van der Waals surface area contributed by atoms with Crippen molar-refractivity contribution in [3.05, 3.63) is 23.3 Å². The normalized spacial score (nSPS) is 18.6. The van der Waals surface area contributed by atoms with Gasteiger partial charge in [-0.05, 0) is 43.5 Å². The second-order valence-electron chi connectivity index (χ2n) is 4.65. The van der Waals surface area contributed by atoms with Crippen LogP contribution < -0.4 is 15.4 Å². The van der Waals surface area contributed by atoms with Gasteiger partial charge in [-0.15, -0.1) is 0 Å². The highest BCUT2D eigenvalue weighted by Crippen LogP contribution is 2.38. The van der Waals surface area contributed by atoms with Gasteiger partial charge in [0.05, 0.1) is 5.69 Å². The first-order valence-electron chi connectivity index (χ1n) is 6.38. The molecule has 0 aromatic heterocycles. The Kier molecular flexibility index (Phi) is 3.57. The molecule has 0 aliphatic carbocycles. The van der Waals surface area contributed by atoms with Crippen LogP contribution in [-0.4, -0.2) is 25.6 Å². The first kappa shape index (κ1) is 12.9. The van der Waals surface area contributed by atoms with Crippen molar-refractivity contribution in [2.24, 2.45) is 5.73 Å². The monoisotopic (exact) mass is 248 g/mol. The number of carbonyl (C=O) groups is 1. The minimum absolute atomic E-state index is 0.00514. The van der Waals surface area contributed by atoms with Gasteiger partial charge in [0.15, 0.2) is 6.10 Å². The number of hydrogen-bond acceptors (Lipinski definition) is 3. The Labute approximate surface area is 108 Å². The van der Waals surface area contributed by atoms with Crippen molar-refractivity contribution < 1.29 is 9.53 Å². The Morgan fingerprint density at radius 1 is 1.44 bits per heavy atom. The summed E-state index contributed by atoms with van der Waals surface area (Å²) in [5, 5.41) is 0. The maximum atomic E-state index is 11.9. The molecule has 4 heteroatoms. The fourth-order valence-electron chi connectivity index (χ4n) is 2.29. The van der Waals surface area contributed by atoms with Gasteiger partial charge in [0.1, 0.15) is 5.75 Å². The topological polar surface area (TPSA) is 55.6 Å². The molecule has 4 nitrogen and oxygen atoms in total. The lowest BCUT2D eigenvalue weighted by molar-refractivity contribution is -0.125. The average Bonchev–Trinajstić information content (AvgIpc) is 2.37. The van der Waals surface area contributed by atoms with E-state index in [9.17, 15) is 4.79 Å². The molecule has 2 N–H and O–H groups in total. The summed E-state index contributed by atoms with van der Waals surface area (Å²) in [6, 6.07) is 4.15. The summed E-state index contributed by atoms with van der Waals surface area (Å²) in [4.78, 5) is 13.6. The SMILES string of the molecule is CCc1cc(CCN)c2c(c1)N(C)C(=O)C(C)O2. The van der Waals surface area contributed by atoms with Crippen molar-refractivity contribution in [3.63, 3.8) is 0 Å². The number of anilines is 1. The second-order valence-corrected chi connectivity index (χ2v) is 4.65. The van der Waals surface area contributed by atoms with Crippen LogP contribution in [0, 0.1) is 0 Å². The summed E-state index contributed by atoms with van der Waals surface area (Å²) in [6.07, 6.45) is 1.28. The number of hydrogen-bond donors (Lipinski definition) is 1. The second kappa shape index (κ2) is 4.98. The van der Waals surface area contributed by atoms with Gasteiger partial charge in [-0.1, -0.05) is 13.0 Å². The van der Waals surface area contributed by atoms with Gasteiger partial charge in [-0.3, -0.25) is 4.79 Å². The standard InChI is InChI=1S/C14H20N2O2/c1-4-10-7-11(5-6-15)13-12(8-10)16(3)14(17)9(2)18-13/h7-9H,4-6,15H2,1-3H3. The zero-order valence-corrected chi connectivity index (χ0v) is 11.2. The number of fused-ring (bicyclic) bond motifs is 1. The van der Waals surface area contributed by atoms with Gasteiger partial charge < -0.3 is 15.4 Å². The molecule has 1 aliphatic heterocycles. The van der Waals surface area contributed by atoms with E-state index < -0.39 is 6.10 Å². The third-order valence-electron chi connectivity index (χ3n) is 3.36. The van der Waals surface area contributed by atoms with Crippen LogP contribution in [0.1, 0.15) is 25.0 Å². The number of amides is 1. The van der Waals surface area contributed by atoms with E-state index in [4.69, 9.17) is 10.5 Å². The lowest BCUT2D eigenvalue weighted by Gasteiger charge is -2.32. The van der Waals surface area contributed by atoms with E-state index in [2.05, 4.69) is 13.0 Å². The molecular weight excluding hydrogens is 228 g/mol. The molecule has 1 aliphatic rings. The fraction of sp³-hybridized carbons (Fsp3) is 0.500. The van der Waals surface area contributed by atoms with Crippen LogP contribution in [-0.2, 0) is 17.6 Å². The highest BCUT2D eigenvalue weighted by molar-refractivity contribution is 5.99. The first-order valence-corrected chi connectivity index (χ1v) is 6.38. The number of likely N-dealkylation sites (N-methyl/N-ethyl adjacent to an activating group) is 1. The molecule has 1 heterocycles. The van der Waals surface area contributed by atoms with Gasteiger partial charge in [-0.25, -0.2) is 0 Å². The van der Waals surface area contributed by atoms with Crippen LogP contribution in [0.2, 0.25) is 0 Å². The predicted octanol–water partition coefficient (Wildman–Crippen LogP) is 1.49. The van der Waals surface area contributed by atoms with Crippen molar-refractivity contribution in [2.75, 3.05) is 18.5 Å². The lowest BCUT2D eigenvalue weighted by atomic mass is 10.0. The largest absolute Gasteiger partial charge is 0.478 e. The number of nitrogens with zero attached hydrogens (tertiary/aromatic N) is 1. The molecule has 1 amide bonds. The third-order valence-corrected chi connectivity index (χ3v) is 3.36. The number of ether oxygens (including phenoxy) is 1. The number of nitrogens with two attached hydrogens (primary N) is 1. The van der Waals surface area contributed by atoms with Gasteiger partial charge in [0.2, 0.25) is 0 Å². The summed E-state index contributed by atoms with van der Waals surface area (Å²) in [5.41, 5.74) is 8.81. The molecule has 0 saturated heterocycles. The average molecular weight is 248 g/mol. The summed E-state index contributed by atoms with van der Waals surface area (Å²) >= 11 is 0. The van der Waals surface area contributed by atoms with Gasteiger partial charge in [0, 0.05) is 7.05 Å².